The molecule has 2 aromatic rings. The first-order chi connectivity index (χ1) is 17.0. The molecule has 3 heterocycles. The van der Waals surface area contributed by atoms with E-state index in [9.17, 15) is 8.78 Å². The van der Waals surface area contributed by atoms with Gasteiger partial charge in [-0.1, -0.05) is 0 Å². The number of hydrogen-bond donors (Lipinski definition) is 3. The van der Waals surface area contributed by atoms with E-state index in [1.807, 2.05) is 7.05 Å². The van der Waals surface area contributed by atoms with E-state index in [0.29, 0.717) is 17.3 Å². The van der Waals surface area contributed by atoms with Crippen LogP contribution in [0.1, 0.15) is 25.7 Å². The van der Waals surface area contributed by atoms with Gasteiger partial charge in [0.1, 0.15) is 11.6 Å². The largest absolute Gasteiger partial charge is 0.369 e. The van der Waals surface area contributed by atoms with E-state index >= 15 is 0 Å². The Bertz CT molecular complexity index is 961. The van der Waals surface area contributed by atoms with Gasteiger partial charge in [-0.15, -0.1) is 0 Å². The van der Waals surface area contributed by atoms with Gasteiger partial charge >= 0.3 is 0 Å². The number of hydrogen-bond acceptors (Lipinski definition) is 7. The van der Waals surface area contributed by atoms with Crippen LogP contribution in [0.25, 0.3) is 0 Å². The fourth-order valence-corrected chi connectivity index (χ4v) is 4.50. The molecule has 0 bridgehead atoms. The van der Waals surface area contributed by atoms with Crippen molar-refractivity contribution in [3.63, 3.8) is 0 Å². The Kier molecular flexibility index (Phi) is 8.86. The highest BCUT2D eigenvalue weighted by Gasteiger charge is 2.20. The third kappa shape index (κ3) is 7.35. The summed E-state index contributed by atoms with van der Waals surface area (Å²) in [4.78, 5) is 16.5. The zero-order chi connectivity index (χ0) is 24.6. The summed E-state index contributed by atoms with van der Waals surface area (Å²) in [5, 5.41) is 9.80. The quantitative estimate of drug-likeness (QED) is 0.423. The van der Waals surface area contributed by atoms with Crippen LogP contribution in [0.3, 0.4) is 0 Å². The highest BCUT2D eigenvalue weighted by atomic mass is 32.1. The lowest BCUT2D eigenvalue weighted by Crippen LogP contribution is -2.37. The van der Waals surface area contributed by atoms with Gasteiger partial charge in [-0.3, -0.25) is 0 Å². The molecule has 2 saturated heterocycles. The monoisotopic (exact) mass is 504 g/mol. The van der Waals surface area contributed by atoms with E-state index in [0.717, 1.165) is 75.5 Å². The lowest BCUT2D eigenvalue weighted by atomic mass is 10.3. The summed E-state index contributed by atoms with van der Waals surface area (Å²) < 4.78 is 26.4. The molecule has 35 heavy (non-hydrogen) atoms. The standard InChI is InChI=1S/C24H34F2N8S/c1-32(15-9-28-24(35)29-18-6-7-19(25)20(26)16-18)14-8-27-21-17-22(33-10-2-3-11-33)31-23(30-21)34-12-4-5-13-34/h6-7,16-17H,2-5,8-15H2,1H3,(H,27,30,31)(H2,28,29,35). The van der Waals surface area contributed by atoms with Crippen LogP contribution in [0.5, 0.6) is 0 Å². The van der Waals surface area contributed by atoms with Crippen molar-refractivity contribution in [1.82, 2.24) is 20.2 Å². The van der Waals surface area contributed by atoms with Gasteiger partial charge in [0, 0.05) is 70.2 Å². The van der Waals surface area contributed by atoms with Gasteiger partial charge in [0.15, 0.2) is 16.7 Å². The Labute approximate surface area is 211 Å². The van der Waals surface area contributed by atoms with Crippen molar-refractivity contribution in [2.75, 3.05) is 79.8 Å². The van der Waals surface area contributed by atoms with E-state index in [2.05, 4.69) is 36.7 Å². The van der Waals surface area contributed by atoms with E-state index in [-0.39, 0.29) is 0 Å². The molecule has 0 aliphatic carbocycles. The lowest BCUT2D eigenvalue weighted by Gasteiger charge is -2.22. The van der Waals surface area contributed by atoms with E-state index in [4.69, 9.17) is 22.2 Å². The van der Waals surface area contributed by atoms with Gasteiger partial charge < -0.3 is 30.7 Å². The van der Waals surface area contributed by atoms with Crippen LogP contribution in [0.2, 0.25) is 0 Å². The number of nitrogens with zero attached hydrogens (tertiary/aromatic N) is 5. The van der Waals surface area contributed by atoms with Gasteiger partial charge in [-0.25, -0.2) is 8.78 Å². The molecule has 2 fully saturated rings. The van der Waals surface area contributed by atoms with Crippen LogP contribution in [0.4, 0.5) is 32.1 Å². The van der Waals surface area contributed by atoms with Crippen molar-refractivity contribution in [2.45, 2.75) is 25.7 Å². The van der Waals surface area contributed by atoms with Crippen molar-refractivity contribution in [3.05, 3.63) is 35.9 Å². The Morgan fingerprint density at radius 3 is 2.34 bits per heavy atom. The predicted molar refractivity (Wildman–Crippen MR) is 141 cm³/mol. The molecule has 0 saturated carbocycles. The minimum absolute atomic E-state index is 0.368. The third-order valence-corrected chi connectivity index (χ3v) is 6.52. The van der Waals surface area contributed by atoms with Crippen LogP contribution in [-0.4, -0.2) is 79.4 Å². The second kappa shape index (κ2) is 12.3. The van der Waals surface area contributed by atoms with Crippen molar-refractivity contribution >= 4 is 40.6 Å². The molecule has 0 unspecified atom stereocenters. The molecule has 0 atom stereocenters. The van der Waals surface area contributed by atoms with Crippen molar-refractivity contribution in [2.24, 2.45) is 0 Å². The molecule has 8 nitrogen and oxygen atoms in total. The molecule has 4 rings (SSSR count). The van der Waals surface area contributed by atoms with Crippen LogP contribution < -0.4 is 25.8 Å². The molecule has 11 heteroatoms. The summed E-state index contributed by atoms with van der Waals surface area (Å²) in [7, 11) is 2.04. The molecule has 3 N–H and O–H groups in total. The topological polar surface area (TPSA) is 71.6 Å². The van der Waals surface area contributed by atoms with E-state index in [1.165, 1.54) is 31.7 Å². The summed E-state index contributed by atoms with van der Waals surface area (Å²) in [5.41, 5.74) is 0.408. The number of thiocarbonyl (C=S) groups is 1. The molecule has 0 amide bonds. The minimum atomic E-state index is -0.908. The molecule has 0 spiro atoms. The molecule has 1 aromatic carbocycles. The number of aromatic nitrogens is 2. The number of likely N-dealkylation sites (N-methyl/N-ethyl adjacent to an activating group) is 1. The van der Waals surface area contributed by atoms with Gasteiger partial charge in [0.25, 0.3) is 0 Å². The van der Waals surface area contributed by atoms with Crippen LogP contribution in [-0.2, 0) is 0 Å². The summed E-state index contributed by atoms with van der Waals surface area (Å²) in [6.07, 6.45) is 4.81. The molecule has 2 aliphatic rings. The second-order valence-electron chi connectivity index (χ2n) is 9.04. The molecule has 2 aliphatic heterocycles. The maximum Gasteiger partial charge on any atom is 0.229 e. The SMILES string of the molecule is CN(CCNC(=S)Nc1ccc(F)c(F)c1)CCNc1cc(N2CCCC2)nc(N2CCCC2)n1. The van der Waals surface area contributed by atoms with Gasteiger partial charge in [0.05, 0.1) is 0 Å². The zero-order valence-corrected chi connectivity index (χ0v) is 21.0. The fourth-order valence-electron chi connectivity index (χ4n) is 4.28. The van der Waals surface area contributed by atoms with Crippen LogP contribution >= 0.6 is 12.2 Å². The first-order valence-corrected chi connectivity index (χ1v) is 12.7. The first-order valence-electron chi connectivity index (χ1n) is 12.3. The predicted octanol–water partition coefficient (Wildman–Crippen LogP) is 3.29. The van der Waals surface area contributed by atoms with Gasteiger partial charge in [0.2, 0.25) is 5.95 Å². The number of halogens is 2. The molecular formula is C24H34F2N8S. The molecule has 0 radical (unpaired) electrons. The van der Waals surface area contributed by atoms with Crippen molar-refractivity contribution in [3.8, 4) is 0 Å². The first kappa shape index (κ1) is 25.3. The average Bonchev–Trinajstić information content (AvgIpc) is 3.56. The lowest BCUT2D eigenvalue weighted by molar-refractivity contribution is 0.352. The second-order valence-corrected chi connectivity index (χ2v) is 9.45. The highest BCUT2D eigenvalue weighted by molar-refractivity contribution is 7.80. The average molecular weight is 505 g/mol. The minimum Gasteiger partial charge on any atom is -0.369 e. The Morgan fingerprint density at radius 1 is 0.943 bits per heavy atom. The number of rotatable bonds is 10. The maximum absolute atomic E-state index is 13.3. The van der Waals surface area contributed by atoms with Crippen LogP contribution in [0, 0.1) is 11.6 Å². The Balaban J connectivity index is 1.21. The summed E-state index contributed by atoms with van der Waals surface area (Å²) in [6.45, 7) is 7.12. The third-order valence-electron chi connectivity index (χ3n) is 6.28. The number of nitrogens with one attached hydrogen (secondary N) is 3. The molecule has 1 aromatic heterocycles. The zero-order valence-electron chi connectivity index (χ0n) is 20.2. The normalized spacial score (nSPS) is 15.7. The number of benzene rings is 1. The van der Waals surface area contributed by atoms with Crippen molar-refractivity contribution < 1.29 is 8.78 Å². The maximum atomic E-state index is 13.3. The Hall–Kier alpha value is -2.79. The smallest absolute Gasteiger partial charge is 0.229 e. The number of anilines is 4. The van der Waals surface area contributed by atoms with E-state index < -0.39 is 11.6 Å². The summed E-state index contributed by atoms with van der Waals surface area (Å²) in [5.74, 6) is 0.919. The van der Waals surface area contributed by atoms with Gasteiger partial charge in [-0.05, 0) is 57.1 Å². The summed E-state index contributed by atoms with van der Waals surface area (Å²) >= 11 is 5.24. The fraction of sp³-hybridized carbons (Fsp3) is 0.542. The summed E-state index contributed by atoms with van der Waals surface area (Å²) in [6, 6.07) is 5.66. The molecule has 190 valence electrons. The molecular weight excluding hydrogens is 470 g/mol. The van der Waals surface area contributed by atoms with Crippen LogP contribution in [0.15, 0.2) is 24.3 Å². The Morgan fingerprint density at radius 2 is 1.63 bits per heavy atom. The van der Waals surface area contributed by atoms with Gasteiger partial charge in [-0.2, -0.15) is 9.97 Å². The van der Waals surface area contributed by atoms with Crippen molar-refractivity contribution in [1.29, 1.82) is 0 Å². The highest BCUT2D eigenvalue weighted by Crippen LogP contribution is 2.25. The van der Waals surface area contributed by atoms with E-state index in [1.54, 1.807) is 0 Å².